The van der Waals surface area contributed by atoms with Gasteiger partial charge in [0, 0.05) is 25.7 Å². The summed E-state index contributed by atoms with van der Waals surface area (Å²) in [4.78, 5) is 71.7. The number of aliphatic hydroxyl groups is 1. The highest BCUT2D eigenvalue weighted by atomic mass is 31.2. The largest absolute Gasteiger partial charge is 0.472 e. The van der Waals surface area contributed by atoms with Gasteiger partial charge in [-0.3, -0.25) is 37.3 Å². The second-order valence-electron chi connectivity index (χ2n) is 21.9. The molecule has 78 heavy (non-hydrogen) atoms. The molecule has 0 aliphatic rings. The zero-order valence-electron chi connectivity index (χ0n) is 49.8. The van der Waals surface area contributed by atoms with Crippen molar-refractivity contribution in [1.29, 1.82) is 0 Å². The van der Waals surface area contributed by atoms with Crippen LogP contribution in [0.4, 0.5) is 0 Å². The average molecular weight is 1160 g/mol. The molecule has 462 valence electrons. The van der Waals surface area contributed by atoms with Crippen LogP contribution in [0, 0.1) is 5.92 Å². The molecule has 3 N–H and O–H groups in total. The third-order valence-corrected chi connectivity index (χ3v) is 15.4. The molecule has 0 aromatic rings. The topological polar surface area (TPSA) is 237 Å². The van der Waals surface area contributed by atoms with Crippen LogP contribution in [0.1, 0.15) is 291 Å². The number of phosphoric ester groups is 2. The summed E-state index contributed by atoms with van der Waals surface area (Å²) in [5.41, 5.74) is 0. The van der Waals surface area contributed by atoms with Crippen LogP contribution in [0.5, 0.6) is 0 Å². The fraction of sp³-hybridized carbons (Fsp3) is 0.932. The highest BCUT2D eigenvalue weighted by molar-refractivity contribution is 7.47. The number of hydrogen-bond acceptors (Lipinski definition) is 15. The number of ether oxygens (including phenoxy) is 4. The van der Waals surface area contributed by atoms with Gasteiger partial charge in [0.2, 0.25) is 0 Å². The first-order valence-corrected chi connectivity index (χ1v) is 34.1. The maximum absolute atomic E-state index is 12.9. The maximum atomic E-state index is 12.9. The Kier molecular flexibility index (Phi) is 51.8. The molecule has 0 amide bonds. The Labute approximate surface area is 473 Å². The van der Waals surface area contributed by atoms with Gasteiger partial charge in [0.25, 0.3) is 0 Å². The SMILES string of the molecule is CCCCCCCCCCCCC(=O)OC[C@H](COP(=O)(O)OC[C@@H](O)COP(=O)(O)OC[C@@H](COC(=O)CCCCCCCCC)OC(=O)CCCCCCCCC)OC(=O)CCCCCCCCCCCCCC(C)C. The Morgan fingerprint density at radius 3 is 0.872 bits per heavy atom. The monoisotopic (exact) mass is 1160 g/mol. The van der Waals surface area contributed by atoms with Gasteiger partial charge in [-0.15, -0.1) is 0 Å². The van der Waals surface area contributed by atoms with E-state index in [4.69, 9.17) is 37.0 Å². The molecule has 2 unspecified atom stereocenters. The van der Waals surface area contributed by atoms with E-state index in [9.17, 15) is 43.2 Å². The number of carbonyl (C=O) groups is 4. The van der Waals surface area contributed by atoms with E-state index >= 15 is 0 Å². The average Bonchev–Trinajstić information content (AvgIpc) is 3.40. The van der Waals surface area contributed by atoms with Gasteiger partial charge in [-0.2, -0.15) is 0 Å². The van der Waals surface area contributed by atoms with Crippen LogP contribution in [0.15, 0.2) is 0 Å². The summed E-state index contributed by atoms with van der Waals surface area (Å²) < 4.78 is 67.6. The zero-order chi connectivity index (χ0) is 57.8. The van der Waals surface area contributed by atoms with Crippen LogP contribution in [0.25, 0.3) is 0 Å². The number of hydrogen-bond donors (Lipinski definition) is 3. The minimum atomic E-state index is -4.94. The number of carbonyl (C=O) groups excluding carboxylic acids is 4. The predicted octanol–water partition coefficient (Wildman–Crippen LogP) is 15.8. The van der Waals surface area contributed by atoms with Gasteiger partial charge >= 0.3 is 39.5 Å². The van der Waals surface area contributed by atoms with Gasteiger partial charge in [-0.1, -0.05) is 240 Å². The molecule has 0 bridgehead atoms. The molecule has 0 rings (SSSR count). The van der Waals surface area contributed by atoms with Crippen LogP contribution in [0.2, 0.25) is 0 Å². The normalized spacial score (nSPS) is 14.4. The van der Waals surface area contributed by atoms with Gasteiger partial charge in [0.1, 0.15) is 19.3 Å². The molecule has 0 saturated carbocycles. The standard InChI is InChI=1S/C59H114O17P2/c1-6-9-12-15-18-19-24-29-33-38-43-57(62)70-49-55(76-59(64)45-40-35-30-25-22-20-21-23-28-31-36-41-52(4)5)51-74-78(67,68)72-47-53(60)46-71-77(65,66)73-50-54(75-58(63)44-39-34-27-17-14-11-8-3)48-69-56(61)42-37-32-26-16-13-10-7-2/h52-55,60H,6-51H2,1-5H3,(H,65,66)(H,67,68)/t53-,54+,55+/m0/s1. The van der Waals surface area contributed by atoms with Gasteiger partial charge in [-0.05, 0) is 31.6 Å². The van der Waals surface area contributed by atoms with Crippen LogP contribution in [-0.4, -0.2) is 96.7 Å². The number of rotatable bonds is 59. The van der Waals surface area contributed by atoms with Crippen LogP contribution in [0.3, 0.4) is 0 Å². The second-order valence-corrected chi connectivity index (χ2v) is 24.8. The lowest BCUT2D eigenvalue weighted by atomic mass is 10.0. The summed E-state index contributed by atoms with van der Waals surface area (Å²) in [5, 5.41) is 10.5. The summed E-state index contributed by atoms with van der Waals surface area (Å²) in [7, 11) is -9.86. The molecule has 0 aliphatic carbocycles. The number of phosphoric acid groups is 2. The molecule has 0 heterocycles. The molecule has 0 saturated heterocycles. The van der Waals surface area contributed by atoms with Crippen molar-refractivity contribution in [2.24, 2.45) is 5.92 Å². The highest BCUT2D eigenvalue weighted by Crippen LogP contribution is 2.45. The van der Waals surface area contributed by atoms with Crippen molar-refractivity contribution >= 4 is 39.5 Å². The Morgan fingerprint density at radius 2 is 0.590 bits per heavy atom. The first-order chi connectivity index (χ1) is 37.5. The Bertz CT molecular complexity index is 1530. The summed E-state index contributed by atoms with van der Waals surface area (Å²) in [6.07, 6.45) is 35.0. The van der Waals surface area contributed by atoms with Crippen molar-refractivity contribution in [2.45, 2.75) is 310 Å². The van der Waals surface area contributed by atoms with Gasteiger partial charge in [0.15, 0.2) is 12.2 Å². The Morgan fingerprint density at radius 1 is 0.346 bits per heavy atom. The minimum Gasteiger partial charge on any atom is -0.462 e. The number of aliphatic hydroxyl groups excluding tert-OH is 1. The Balaban J connectivity index is 5.18. The lowest BCUT2D eigenvalue weighted by Crippen LogP contribution is -2.30. The van der Waals surface area contributed by atoms with E-state index in [2.05, 4.69) is 34.6 Å². The summed E-state index contributed by atoms with van der Waals surface area (Å²) >= 11 is 0. The molecule has 0 spiro atoms. The molecule has 0 aliphatic heterocycles. The Hall–Kier alpha value is -1.94. The van der Waals surface area contributed by atoms with E-state index in [-0.39, 0.29) is 25.7 Å². The predicted molar refractivity (Wildman–Crippen MR) is 308 cm³/mol. The minimum absolute atomic E-state index is 0.103. The van der Waals surface area contributed by atoms with Crippen molar-refractivity contribution in [3.05, 3.63) is 0 Å². The smallest absolute Gasteiger partial charge is 0.462 e. The van der Waals surface area contributed by atoms with E-state index in [0.29, 0.717) is 25.7 Å². The van der Waals surface area contributed by atoms with E-state index in [1.165, 1.54) is 89.9 Å². The van der Waals surface area contributed by atoms with E-state index in [1.807, 2.05) is 0 Å². The summed E-state index contributed by atoms with van der Waals surface area (Å²) in [5.74, 6) is -1.38. The fourth-order valence-corrected chi connectivity index (χ4v) is 10.3. The number of unbranched alkanes of at least 4 members (excludes halogenated alkanes) is 31. The van der Waals surface area contributed by atoms with Crippen LogP contribution < -0.4 is 0 Å². The lowest BCUT2D eigenvalue weighted by Gasteiger charge is -2.21. The van der Waals surface area contributed by atoms with Gasteiger partial charge in [-0.25, -0.2) is 9.13 Å². The maximum Gasteiger partial charge on any atom is 0.472 e. The summed E-state index contributed by atoms with van der Waals surface area (Å²) in [6.45, 7) is 7.07. The van der Waals surface area contributed by atoms with Crippen molar-refractivity contribution in [3.63, 3.8) is 0 Å². The van der Waals surface area contributed by atoms with Gasteiger partial charge < -0.3 is 33.8 Å². The number of esters is 4. The summed E-state index contributed by atoms with van der Waals surface area (Å²) in [6, 6.07) is 0. The molecule has 19 heteroatoms. The molecular formula is C59H114O17P2. The van der Waals surface area contributed by atoms with Crippen molar-refractivity contribution in [2.75, 3.05) is 39.6 Å². The van der Waals surface area contributed by atoms with E-state index in [1.54, 1.807) is 0 Å². The van der Waals surface area contributed by atoms with E-state index in [0.717, 1.165) is 121 Å². The molecule has 0 fully saturated rings. The van der Waals surface area contributed by atoms with E-state index < -0.39 is 97.5 Å². The molecule has 0 aromatic heterocycles. The van der Waals surface area contributed by atoms with Gasteiger partial charge in [0.05, 0.1) is 26.4 Å². The van der Waals surface area contributed by atoms with Crippen LogP contribution >= 0.6 is 15.6 Å². The van der Waals surface area contributed by atoms with Crippen molar-refractivity contribution in [3.8, 4) is 0 Å². The molecular weight excluding hydrogens is 1040 g/mol. The highest BCUT2D eigenvalue weighted by Gasteiger charge is 2.30. The molecule has 17 nitrogen and oxygen atoms in total. The molecule has 0 aromatic carbocycles. The first-order valence-electron chi connectivity index (χ1n) is 31.1. The zero-order valence-corrected chi connectivity index (χ0v) is 51.6. The molecule has 0 radical (unpaired) electrons. The molecule has 5 atom stereocenters. The third-order valence-electron chi connectivity index (χ3n) is 13.5. The fourth-order valence-electron chi connectivity index (χ4n) is 8.70. The first kappa shape index (κ1) is 76.1. The van der Waals surface area contributed by atoms with Crippen LogP contribution in [-0.2, 0) is 65.4 Å². The lowest BCUT2D eigenvalue weighted by molar-refractivity contribution is -0.161. The third kappa shape index (κ3) is 53.4. The van der Waals surface area contributed by atoms with Crippen molar-refractivity contribution in [1.82, 2.24) is 0 Å². The van der Waals surface area contributed by atoms with Crippen molar-refractivity contribution < 1.29 is 80.2 Å². The quantitative estimate of drug-likeness (QED) is 0.0222. The second kappa shape index (κ2) is 53.1.